The molecule has 0 saturated carbocycles. The molecular formula is C39H34. The number of allylic oxidation sites excluding steroid dienone is 6. The van der Waals surface area contributed by atoms with E-state index in [-0.39, 0.29) is 0 Å². The highest BCUT2D eigenvalue weighted by molar-refractivity contribution is 5.79. The molecule has 0 unspecified atom stereocenters. The summed E-state index contributed by atoms with van der Waals surface area (Å²) in [6, 6.07) is 29.2. The van der Waals surface area contributed by atoms with Gasteiger partial charge in [0, 0.05) is 5.92 Å². The Morgan fingerprint density at radius 2 is 1.28 bits per heavy atom. The van der Waals surface area contributed by atoms with Gasteiger partial charge >= 0.3 is 0 Å². The normalized spacial score (nSPS) is 15.7. The fourth-order valence-electron chi connectivity index (χ4n) is 6.88. The third-order valence-electron chi connectivity index (χ3n) is 8.87. The standard InChI is InChI=1S/C24H20.C15H14/c1-16-13-14-17(19-12-6-11-18(16)19)15-24-22-9-4-2-7-20(22)21-8-3-5-10-23(21)24;1-2-6-12(5-1)11-14-9-3-7-13-8-4-10-15(13)14/h2-10,12-14,24H,11,15H2,1H3;1-7,9-10,12H,8,11H2. The average Bonchev–Trinajstić information content (AvgIpc) is 3.78. The molecule has 190 valence electrons. The van der Waals surface area contributed by atoms with E-state index in [4.69, 9.17) is 0 Å². The molecule has 39 heavy (non-hydrogen) atoms. The van der Waals surface area contributed by atoms with Crippen LogP contribution in [0.5, 0.6) is 0 Å². The summed E-state index contributed by atoms with van der Waals surface area (Å²) in [6.45, 7) is 2.23. The molecule has 4 aliphatic rings. The predicted octanol–water partition coefficient (Wildman–Crippen LogP) is 9.46. The Balaban J connectivity index is 0.000000145. The van der Waals surface area contributed by atoms with Crippen LogP contribution in [0.3, 0.4) is 0 Å². The second-order valence-electron chi connectivity index (χ2n) is 11.2. The number of fused-ring (bicyclic) bond motifs is 5. The predicted molar refractivity (Wildman–Crippen MR) is 166 cm³/mol. The van der Waals surface area contributed by atoms with E-state index in [2.05, 4.69) is 134 Å². The second-order valence-corrected chi connectivity index (χ2v) is 11.2. The molecule has 0 spiro atoms. The van der Waals surface area contributed by atoms with Crippen molar-refractivity contribution in [2.24, 2.45) is 5.92 Å². The van der Waals surface area contributed by atoms with Gasteiger partial charge in [-0.15, -0.1) is 0 Å². The zero-order valence-corrected chi connectivity index (χ0v) is 22.6. The van der Waals surface area contributed by atoms with Gasteiger partial charge in [0.1, 0.15) is 0 Å². The molecule has 4 aliphatic carbocycles. The van der Waals surface area contributed by atoms with Crippen LogP contribution in [0.1, 0.15) is 56.0 Å². The molecule has 0 bridgehead atoms. The van der Waals surface area contributed by atoms with Gasteiger partial charge in [0.25, 0.3) is 0 Å². The lowest BCUT2D eigenvalue weighted by Crippen LogP contribution is -2.04. The van der Waals surface area contributed by atoms with E-state index in [0.717, 1.165) is 25.7 Å². The van der Waals surface area contributed by atoms with Crippen molar-refractivity contribution >= 4 is 12.2 Å². The lowest BCUT2D eigenvalue weighted by molar-refractivity contribution is 0.814. The van der Waals surface area contributed by atoms with E-state index in [1.807, 2.05) is 0 Å². The molecule has 0 amide bonds. The molecule has 0 fully saturated rings. The van der Waals surface area contributed by atoms with E-state index >= 15 is 0 Å². The quantitative estimate of drug-likeness (QED) is 0.261. The van der Waals surface area contributed by atoms with Crippen molar-refractivity contribution in [3.63, 3.8) is 0 Å². The second kappa shape index (κ2) is 10.2. The van der Waals surface area contributed by atoms with Gasteiger partial charge in [-0.2, -0.15) is 0 Å². The van der Waals surface area contributed by atoms with Crippen molar-refractivity contribution in [2.75, 3.05) is 0 Å². The van der Waals surface area contributed by atoms with Crippen molar-refractivity contribution < 1.29 is 0 Å². The van der Waals surface area contributed by atoms with E-state index < -0.39 is 0 Å². The van der Waals surface area contributed by atoms with E-state index in [1.165, 1.54) is 61.2 Å². The summed E-state index contributed by atoms with van der Waals surface area (Å²) < 4.78 is 0. The molecule has 4 aromatic rings. The highest BCUT2D eigenvalue weighted by Gasteiger charge is 2.29. The van der Waals surface area contributed by atoms with Crippen LogP contribution in [0.4, 0.5) is 0 Å². The lowest BCUT2D eigenvalue weighted by atomic mass is 9.87. The van der Waals surface area contributed by atoms with Crippen LogP contribution in [0.2, 0.25) is 0 Å². The number of hydrogen-bond acceptors (Lipinski definition) is 0. The molecule has 0 aliphatic heterocycles. The maximum Gasteiger partial charge on any atom is 0.0142 e. The molecule has 0 radical (unpaired) electrons. The van der Waals surface area contributed by atoms with Gasteiger partial charge in [-0.25, -0.2) is 0 Å². The topological polar surface area (TPSA) is 0 Å². The Kier molecular flexibility index (Phi) is 6.25. The van der Waals surface area contributed by atoms with Crippen LogP contribution in [0.25, 0.3) is 23.3 Å². The molecule has 0 N–H and O–H groups in total. The summed E-state index contributed by atoms with van der Waals surface area (Å²) in [5.41, 5.74) is 16.1. The summed E-state index contributed by atoms with van der Waals surface area (Å²) in [5, 5.41) is 0. The van der Waals surface area contributed by atoms with Crippen LogP contribution < -0.4 is 0 Å². The average molecular weight is 503 g/mol. The van der Waals surface area contributed by atoms with Crippen LogP contribution in [-0.4, -0.2) is 0 Å². The Labute approximate surface area is 232 Å². The number of aryl methyl sites for hydroxylation is 1. The Bertz CT molecular complexity index is 1620. The summed E-state index contributed by atoms with van der Waals surface area (Å²) >= 11 is 0. The van der Waals surface area contributed by atoms with E-state index in [9.17, 15) is 0 Å². The lowest BCUT2D eigenvalue weighted by Gasteiger charge is -2.17. The zero-order valence-electron chi connectivity index (χ0n) is 22.6. The van der Waals surface area contributed by atoms with Crippen molar-refractivity contribution in [3.8, 4) is 11.1 Å². The maximum atomic E-state index is 2.34. The van der Waals surface area contributed by atoms with Gasteiger partial charge in [-0.1, -0.05) is 127 Å². The SMILES string of the molecule is C1=CC(Cc2cccc3c2C=CC3)C=C1.Cc1ccc(CC2c3ccccc3-c3ccccc32)c2c1CC=C2. The van der Waals surface area contributed by atoms with Gasteiger partial charge in [0.05, 0.1) is 0 Å². The fourth-order valence-corrected chi connectivity index (χ4v) is 6.88. The van der Waals surface area contributed by atoms with E-state index in [0.29, 0.717) is 11.8 Å². The Morgan fingerprint density at radius 3 is 2.05 bits per heavy atom. The van der Waals surface area contributed by atoms with Gasteiger partial charge in [0.15, 0.2) is 0 Å². The van der Waals surface area contributed by atoms with Gasteiger partial charge in [0.2, 0.25) is 0 Å². The van der Waals surface area contributed by atoms with Crippen molar-refractivity contribution in [3.05, 3.63) is 165 Å². The molecule has 0 heterocycles. The first kappa shape index (κ1) is 23.9. The Hall–Kier alpha value is -4.16. The molecule has 0 heteroatoms. The molecular weight excluding hydrogens is 468 g/mol. The third kappa shape index (κ3) is 4.45. The zero-order chi connectivity index (χ0) is 26.2. The summed E-state index contributed by atoms with van der Waals surface area (Å²) in [5.74, 6) is 1.07. The number of rotatable bonds is 4. The fraction of sp³-hybridized carbons (Fsp3) is 0.179. The largest absolute Gasteiger partial charge is 0.0795 e. The van der Waals surface area contributed by atoms with Crippen LogP contribution in [-0.2, 0) is 25.7 Å². The first-order chi connectivity index (χ1) is 19.3. The first-order valence-corrected chi connectivity index (χ1v) is 14.3. The summed E-state index contributed by atoms with van der Waals surface area (Å²) in [7, 11) is 0. The van der Waals surface area contributed by atoms with Gasteiger partial charge in [-0.3, -0.25) is 0 Å². The van der Waals surface area contributed by atoms with Crippen molar-refractivity contribution in [1.82, 2.24) is 0 Å². The third-order valence-corrected chi connectivity index (χ3v) is 8.87. The summed E-state index contributed by atoms with van der Waals surface area (Å²) in [6.07, 6.45) is 22.4. The molecule has 4 aromatic carbocycles. The van der Waals surface area contributed by atoms with Crippen LogP contribution in [0.15, 0.2) is 115 Å². The Morgan fingerprint density at radius 1 is 0.615 bits per heavy atom. The minimum atomic E-state index is 0.471. The maximum absolute atomic E-state index is 2.34. The highest BCUT2D eigenvalue weighted by atomic mass is 14.3. The minimum absolute atomic E-state index is 0.471. The van der Waals surface area contributed by atoms with Crippen molar-refractivity contribution in [2.45, 2.75) is 38.5 Å². The minimum Gasteiger partial charge on any atom is -0.0795 e. The van der Waals surface area contributed by atoms with Crippen LogP contribution in [0, 0.1) is 12.8 Å². The van der Waals surface area contributed by atoms with E-state index in [1.54, 1.807) is 0 Å². The number of benzene rings is 4. The smallest absolute Gasteiger partial charge is 0.0142 e. The highest BCUT2D eigenvalue weighted by Crippen LogP contribution is 2.46. The number of hydrogen-bond donors (Lipinski definition) is 0. The van der Waals surface area contributed by atoms with Gasteiger partial charge in [-0.05, 0) is 99.7 Å². The molecule has 0 nitrogen and oxygen atoms in total. The molecule has 0 saturated heterocycles. The molecule has 8 rings (SSSR count). The molecule has 0 atom stereocenters. The molecule has 0 aromatic heterocycles. The first-order valence-electron chi connectivity index (χ1n) is 14.3. The van der Waals surface area contributed by atoms with Gasteiger partial charge < -0.3 is 0 Å². The summed E-state index contributed by atoms with van der Waals surface area (Å²) in [4.78, 5) is 0. The van der Waals surface area contributed by atoms with Crippen LogP contribution >= 0.6 is 0 Å². The van der Waals surface area contributed by atoms with Crippen molar-refractivity contribution in [1.29, 1.82) is 0 Å². The monoisotopic (exact) mass is 502 g/mol.